The zero-order valence-corrected chi connectivity index (χ0v) is 13.8. The molecule has 20 heavy (non-hydrogen) atoms. The smallest absolute Gasteiger partial charge is 0.0863 e. The first-order chi connectivity index (χ1) is 9.74. The van der Waals surface area contributed by atoms with E-state index in [0.717, 1.165) is 68.5 Å². The Bertz CT molecular complexity index is 379. The van der Waals surface area contributed by atoms with Crippen molar-refractivity contribution in [3.63, 3.8) is 0 Å². The van der Waals surface area contributed by atoms with Gasteiger partial charge in [-0.05, 0) is 32.7 Å². The van der Waals surface area contributed by atoms with Crippen LogP contribution in [-0.2, 0) is 24.2 Å². The molecule has 4 nitrogen and oxygen atoms in total. The Labute approximate surface area is 127 Å². The number of ether oxygens (including phenoxy) is 1. The summed E-state index contributed by atoms with van der Waals surface area (Å²) in [7, 11) is 0. The highest BCUT2D eigenvalue weighted by Gasteiger charge is 2.13. The Hall–Kier alpha value is -0.580. The van der Waals surface area contributed by atoms with Gasteiger partial charge in [-0.15, -0.1) is 0 Å². The SMILES string of the molecule is CCCCOCCCNCc1c(Cl)c(CC)nn1CC. The van der Waals surface area contributed by atoms with Crippen LogP contribution in [0.1, 0.15) is 51.4 Å². The minimum absolute atomic E-state index is 0.772. The molecule has 0 radical (unpaired) electrons. The molecule has 0 fully saturated rings. The van der Waals surface area contributed by atoms with Crippen LogP contribution in [0.15, 0.2) is 0 Å². The summed E-state index contributed by atoms with van der Waals surface area (Å²) in [6.07, 6.45) is 4.25. The zero-order chi connectivity index (χ0) is 14.8. The van der Waals surface area contributed by atoms with Crippen LogP contribution >= 0.6 is 11.6 Å². The van der Waals surface area contributed by atoms with Gasteiger partial charge in [0.2, 0.25) is 0 Å². The molecule has 0 saturated heterocycles. The van der Waals surface area contributed by atoms with Gasteiger partial charge in [0.15, 0.2) is 0 Å². The van der Waals surface area contributed by atoms with Crippen LogP contribution in [0.2, 0.25) is 5.02 Å². The summed E-state index contributed by atoms with van der Waals surface area (Å²) in [4.78, 5) is 0. The molecular formula is C15H28ClN3O. The Morgan fingerprint density at radius 1 is 1.20 bits per heavy atom. The van der Waals surface area contributed by atoms with Gasteiger partial charge in [-0.3, -0.25) is 4.68 Å². The molecule has 0 unspecified atom stereocenters. The molecule has 0 aromatic carbocycles. The lowest BCUT2D eigenvalue weighted by atomic mass is 10.3. The van der Waals surface area contributed by atoms with Gasteiger partial charge in [-0.25, -0.2) is 0 Å². The lowest BCUT2D eigenvalue weighted by Gasteiger charge is -2.08. The minimum atomic E-state index is 0.772. The van der Waals surface area contributed by atoms with Crippen molar-refractivity contribution < 1.29 is 4.74 Å². The number of hydrogen-bond acceptors (Lipinski definition) is 3. The molecule has 0 atom stereocenters. The number of unbranched alkanes of at least 4 members (excludes halogenated alkanes) is 1. The third kappa shape index (κ3) is 5.43. The number of nitrogens with zero attached hydrogens (tertiary/aromatic N) is 2. The van der Waals surface area contributed by atoms with E-state index in [2.05, 4.69) is 31.2 Å². The fourth-order valence-electron chi connectivity index (χ4n) is 2.04. The molecule has 1 aromatic rings. The highest BCUT2D eigenvalue weighted by Crippen LogP contribution is 2.21. The topological polar surface area (TPSA) is 39.1 Å². The van der Waals surface area contributed by atoms with Crippen molar-refractivity contribution in [3.8, 4) is 0 Å². The van der Waals surface area contributed by atoms with Crippen LogP contribution < -0.4 is 5.32 Å². The largest absolute Gasteiger partial charge is 0.381 e. The van der Waals surface area contributed by atoms with Crippen LogP contribution in [0.4, 0.5) is 0 Å². The highest BCUT2D eigenvalue weighted by atomic mass is 35.5. The molecule has 116 valence electrons. The van der Waals surface area contributed by atoms with Crippen LogP contribution in [0.3, 0.4) is 0 Å². The number of aryl methyl sites for hydroxylation is 2. The first-order valence-electron chi connectivity index (χ1n) is 7.77. The van der Waals surface area contributed by atoms with Gasteiger partial charge in [0, 0.05) is 26.3 Å². The quantitative estimate of drug-likeness (QED) is 0.637. The number of halogens is 1. The van der Waals surface area contributed by atoms with E-state index in [1.165, 1.54) is 6.42 Å². The number of nitrogens with one attached hydrogen (secondary N) is 1. The molecule has 1 heterocycles. The summed E-state index contributed by atoms with van der Waals surface area (Å²) in [5.41, 5.74) is 2.09. The molecule has 0 aliphatic heterocycles. The molecule has 1 N–H and O–H groups in total. The van der Waals surface area contributed by atoms with Gasteiger partial charge in [0.05, 0.1) is 16.4 Å². The summed E-state index contributed by atoms with van der Waals surface area (Å²) in [6, 6.07) is 0. The fourth-order valence-corrected chi connectivity index (χ4v) is 2.38. The molecule has 0 amide bonds. The Kier molecular flexibility index (Phi) is 8.90. The second kappa shape index (κ2) is 10.2. The maximum absolute atomic E-state index is 6.36. The van der Waals surface area contributed by atoms with E-state index in [-0.39, 0.29) is 0 Å². The molecule has 5 heteroatoms. The minimum Gasteiger partial charge on any atom is -0.381 e. The monoisotopic (exact) mass is 301 g/mol. The highest BCUT2D eigenvalue weighted by molar-refractivity contribution is 6.31. The number of rotatable bonds is 11. The maximum Gasteiger partial charge on any atom is 0.0863 e. The van der Waals surface area contributed by atoms with Gasteiger partial charge in [-0.2, -0.15) is 5.10 Å². The normalized spacial score (nSPS) is 11.2. The third-order valence-electron chi connectivity index (χ3n) is 3.27. The Morgan fingerprint density at radius 2 is 1.95 bits per heavy atom. The van der Waals surface area contributed by atoms with Gasteiger partial charge in [0.1, 0.15) is 0 Å². The van der Waals surface area contributed by atoms with E-state index in [1.807, 2.05) is 4.68 Å². The fraction of sp³-hybridized carbons (Fsp3) is 0.800. The summed E-state index contributed by atoms with van der Waals surface area (Å²) in [6.45, 7) is 10.6. The number of aromatic nitrogens is 2. The van der Waals surface area contributed by atoms with Crippen molar-refractivity contribution in [1.82, 2.24) is 15.1 Å². The lowest BCUT2D eigenvalue weighted by molar-refractivity contribution is 0.128. The van der Waals surface area contributed by atoms with Gasteiger partial charge in [0.25, 0.3) is 0 Å². The molecule has 0 spiro atoms. The summed E-state index contributed by atoms with van der Waals surface area (Å²) in [5.74, 6) is 0. The van der Waals surface area contributed by atoms with Crippen LogP contribution in [0.25, 0.3) is 0 Å². The predicted molar refractivity (Wildman–Crippen MR) is 84.3 cm³/mol. The summed E-state index contributed by atoms with van der Waals surface area (Å²) < 4.78 is 7.52. The van der Waals surface area contributed by atoms with Crippen LogP contribution in [0.5, 0.6) is 0 Å². The van der Waals surface area contributed by atoms with Crippen molar-refractivity contribution in [3.05, 3.63) is 16.4 Å². The van der Waals surface area contributed by atoms with E-state index in [1.54, 1.807) is 0 Å². The van der Waals surface area contributed by atoms with E-state index in [4.69, 9.17) is 16.3 Å². The molecule has 0 bridgehead atoms. The third-order valence-corrected chi connectivity index (χ3v) is 3.71. The van der Waals surface area contributed by atoms with Gasteiger partial charge >= 0.3 is 0 Å². The maximum atomic E-state index is 6.36. The van der Waals surface area contributed by atoms with Crippen LogP contribution in [-0.4, -0.2) is 29.5 Å². The van der Waals surface area contributed by atoms with E-state index < -0.39 is 0 Å². The summed E-state index contributed by atoms with van der Waals surface area (Å²) in [5, 5.41) is 8.76. The molecule has 0 aliphatic carbocycles. The number of hydrogen-bond donors (Lipinski definition) is 1. The standard InChI is InChI=1S/C15H28ClN3O/c1-4-7-10-20-11-8-9-17-12-14-15(16)13(5-2)18-19(14)6-3/h17H,4-12H2,1-3H3. The Balaban J connectivity index is 2.26. The predicted octanol–water partition coefficient (Wildman–Crippen LogP) is 3.42. The lowest BCUT2D eigenvalue weighted by Crippen LogP contribution is -2.19. The molecule has 1 rings (SSSR count). The van der Waals surface area contributed by atoms with E-state index in [9.17, 15) is 0 Å². The average molecular weight is 302 g/mol. The van der Waals surface area contributed by atoms with E-state index in [0.29, 0.717) is 0 Å². The Morgan fingerprint density at radius 3 is 2.60 bits per heavy atom. The molecule has 0 aliphatic rings. The molecule has 1 aromatic heterocycles. The van der Waals surface area contributed by atoms with Crippen molar-refractivity contribution in [2.45, 2.75) is 59.5 Å². The molecule has 0 saturated carbocycles. The van der Waals surface area contributed by atoms with E-state index >= 15 is 0 Å². The second-order valence-electron chi connectivity index (χ2n) is 4.87. The van der Waals surface area contributed by atoms with Gasteiger partial charge < -0.3 is 10.1 Å². The van der Waals surface area contributed by atoms with Gasteiger partial charge in [-0.1, -0.05) is 31.9 Å². The van der Waals surface area contributed by atoms with Crippen molar-refractivity contribution >= 4 is 11.6 Å². The second-order valence-corrected chi connectivity index (χ2v) is 5.25. The molecular weight excluding hydrogens is 274 g/mol. The van der Waals surface area contributed by atoms with Crippen LogP contribution in [0, 0.1) is 0 Å². The van der Waals surface area contributed by atoms with Crippen molar-refractivity contribution in [1.29, 1.82) is 0 Å². The first kappa shape index (κ1) is 17.5. The first-order valence-corrected chi connectivity index (χ1v) is 8.14. The van der Waals surface area contributed by atoms with Crippen molar-refractivity contribution in [2.75, 3.05) is 19.8 Å². The van der Waals surface area contributed by atoms with Crippen molar-refractivity contribution in [2.24, 2.45) is 0 Å². The zero-order valence-electron chi connectivity index (χ0n) is 13.0. The summed E-state index contributed by atoms with van der Waals surface area (Å²) >= 11 is 6.36. The average Bonchev–Trinajstić information content (AvgIpc) is 2.78.